The van der Waals surface area contributed by atoms with E-state index in [-0.39, 0.29) is 17.2 Å². The molecular weight excluding hydrogens is 352 g/mol. The van der Waals surface area contributed by atoms with Crippen LogP contribution in [0, 0.1) is 6.92 Å². The molecule has 26 heavy (non-hydrogen) atoms. The van der Waals surface area contributed by atoms with E-state index in [2.05, 4.69) is 10.0 Å². The van der Waals surface area contributed by atoms with E-state index >= 15 is 0 Å². The van der Waals surface area contributed by atoms with Crippen LogP contribution in [-0.2, 0) is 21.2 Å². The molecule has 2 aromatic carbocycles. The third-order valence-corrected chi connectivity index (χ3v) is 5.40. The number of hydrogen-bond donors (Lipinski definition) is 2. The predicted octanol–water partition coefficient (Wildman–Crippen LogP) is 2.87. The first-order valence-electron chi connectivity index (χ1n) is 8.39. The van der Waals surface area contributed by atoms with Gasteiger partial charge >= 0.3 is 0 Å². The summed E-state index contributed by atoms with van der Waals surface area (Å²) in [6.45, 7) is 4.01. The number of anilines is 1. The molecule has 7 heteroatoms. The normalized spacial score (nSPS) is 11.2. The number of rotatable bonds is 8. The highest BCUT2D eigenvalue weighted by Gasteiger charge is 2.12. The lowest BCUT2D eigenvalue weighted by molar-refractivity contribution is -0.116. The average molecular weight is 376 g/mol. The maximum atomic E-state index is 12.2. The molecule has 2 rings (SSSR count). The second-order valence-electron chi connectivity index (χ2n) is 5.90. The highest BCUT2D eigenvalue weighted by atomic mass is 32.2. The van der Waals surface area contributed by atoms with Crippen LogP contribution < -0.4 is 14.8 Å². The summed E-state index contributed by atoms with van der Waals surface area (Å²) in [5, 5.41) is 2.86. The number of benzene rings is 2. The van der Waals surface area contributed by atoms with Crippen LogP contribution >= 0.6 is 0 Å². The first-order valence-corrected chi connectivity index (χ1v) is 9.87. The van der Waals surface area contributed by atoms with E-state index in [9.17, 15) is 13.2 Å². The summed E-state index contributed by atoms with van der Waals surface area (Å²) in [4.78, 5) is 12.4. The smallest absolute Gasteiger partial charge is 0.240 e. The number of ether oxygens (including phenoxy) is 1. The maximum Gasteiger partial charge on any atom is 0.240 e. The molecule has 0 heterocycles. The van der Waals surface area contributed by atoms with Crippen LogP contribution in [0.3, 0.4) is 0 Å². The van der Waals surface area contributed by atoms with Crippen LogP contribution in [0.5, 0.6) is 5.75 Å². The number of carbonyl (C=O) groups excluding carboxylic acids is 1. The Morgan fingerprint density at radius 2 is 1.81 bits per heavy atom. The van der Waals surface area contributed by atoms with Gasteiger partial charge in [-0.05, 0) is 48.7 Å². The Kier molecular flexibility index (Phi) is 6.76. The second kappa shape index (κ2) is 8.82. The Bertz CT molecular complexity index is 862. The highest BCUT2D eigenvalue weighted by Crippen LogP contribution is 2.25. The monoisotopic (exact) mass is 376 g/mol. The van der Waals surface area contributed by atoms with Crippen LogP contribution in [0.1, 0.15) is 24.5 Å². The Hall–Kier alpha value is -2.38. The van der Waals surface area contributed by atoms with Gasteiger partial charge in [-0.15, -0.1) is 0 Å². The largest absolute Gasteiger partial charge is 0.495 e. The molecule has 0 bridgehead atoms. The Balaban J connectivity index is 1.97. The van der Waals surface area contributed by atoms with Crippen molar-refractivity contribution in [1.82, 2.24) is 4.72 Å². The summed E-state index contributed by atoms with van der Waals surface area (Å²) in [6, 6.07) is 12.1. The van der Waals surface area contributed by atoms with Gasteiger partial charge in [0.25, 0.3) is 0 Å². The van der Waals surface area contributed by atoms with E-state index in [0.717, 1.165) is 11.1 Å². The van der Waals surface area contributed by atoms with Crippen molar-refractivity contribution in [2.75, 3.05) is 19.0 Å². The first kappa shape index (κ1) is 19.9. The zero-order chi connectivity index (χ0) is 19.2. The zero-order valence-corrected chi connectivity index (χ0v) is 16.0. The maximum absolute atomic E-state index is 12.2. The van der Waals surface area contributed by atoms with Crippen LogP contribution in [0.4, 0.5) is 5.69 Å². The molecule has 0 aliphatic heterocycles. The van der Waals surface area contributed by atoms with Crippen LogP contribution in [0.25, 0.3) is 0 Å². The Morgan fingerprint density at radius 1 is 1.12 bits per heavy atom. The quantitative estimate of drug-likeness (QED) is 0.742. The molecule has 0 unspecified atom stereocenters. The van der Waals surface area contributed by atoms with Gasteiger partial charge in [0.2, 0.25) is 15.9 Å². The standard InChI is InChI=1S/C19H24N2O4S/c1-4-20-26(23,24)16-9-6-15(7-10-16)8-12-19(22)21-17-13-14(2)5-11-18(17)25-3/h5-7,9-11,13,20H,4,8,12H2,1-3H3,(H,21,22). The van der Waals surface area contributed by atoms with E-state index in [1.54, 1.807) is 38.3 Å². The van der Waals surface area contributed by atoms with E-state index in [1.807, 2.05) is 25.1 Å². The lowest BCUT2D eigenvalue weighted by Gasteiger charge is -2.11. The number of amides is 1. The topological polar surface area (TPSA) is 84.5 Å². The van der Waals surface area contributed by atoms with Crippen LogP contribution in [0.15, 0.2) is 47.4 Å². The average Bonchev–Trinajstić information content (AvgIpc) is 2.60. The minimum atomic E-state index is -3.45. The molecule has 0 saturated carbocycles. The predicted molar refractivity (Wildman–Crippen MR) is 102 cm³/mol. The lowest BCUT2D eigenvalue weighted by atomic mass is 10.1. The third kappa shape index (κ3) is 5.31. The molecule has 2 aromatic rings. The number of hydrogen-bond acceptors (Lipinski definition) is 4. The van der Waals surface area contributed by atoms with E-state index in [4.69, 9.17) is 4.74 Å². The van der Waals surface area contributed by atoms with Gasteiger partial charge in [-0.3, -0.25) is 4.79 Å². The van der Waals surface area contributed by atoms with Gasteiger partial charge in [-0.25, -0.2) is 13.1 Å². The first-order chi connectivity index (χ1) is 12.4. The Labute approximate surface area is 154 Å². The molecular formula is C19H24N2O4S. The van der Waals surface area contributed by atoms with Crippen molar-refractivity contribution in [3.8, 4) is 5.75 Å². The van der Waals surface area contributed by atoms with Crippen molar-refractivity contribution < 1.29 is 17.9 Å². The van der Waals surface area contributed by atoms with Crippen molar-refractivity contribution in [2.24, 2.45) is 0 Å². The molecule has 0 aliphatic carbocycles. The molecule has 6 nitrogen and oxygen atoms in total. The molecule has 0 radical (unpaired) electrons. The number of nitrogens with one attached hydrogen (secondary N) is 2. The SMILES string of the molecule is CCNS(=O)(=O)c1ccc(CCC(=O)Nc2cc(C)ccc2OC)cc1. The zero-order valence-electron chi connectivity index (χ0n) is 15.2. The number of sulfonamides is 1. The van der Waals surface area contributed by atoms with Crippen LogP contribution in [0.2, 0.25) is 0 Å². The van der Waals surface area contributed by atoms with E-state index in [0.29, 0.717) is 24.4 Å². The second-order valence-corrected chi connectivity index (χ2v) is 7.66. The molecule has 140 valence electrons. The van der Waals surface area contributed by atoms with Gasteiger partial charge < -0.3 is 10.1 Å². The molecule has 0 spiro atoms. The van der Waals surface area contributed by atoms with Gasteiger partial charge in [0, 0.05) is 13.0 Å². The summed E-state index contributed by atoms with van der Waals surface area (Å²) >= 11 is 0. The molecule has 0 aliphatic rings. The third-order valence-electron chi connectivity index (χ3n) is 3.84. The lowest BCUT2D eigenvalue weighted by Crippen LogP contribution is -2.23. The van der Waals surface area contributed by atoms with Crippen molar-refractivity contribution in [3.63, 3.8) is 0 Å². The fraction of sp³-hybridized carbons (Fsp3) is 0.316. The molecule has 0 atom stereocenters. The minimum Gasteiger partial charge on any atom is -0.495 e. The fourth-order valence-corrected chi connectivity index (χ4v) is 3.54. The molecule has 0 saturated heterocycles. The van der Waals surface area contributed by atoms with Gasteiger partial charge in [0.1, 0.15) is 5.75 Å². The van der Waals surface area contributed by atoms with E-state index < -0.39 is 10.0 Å². The van der Waals surface area contributed by atoms with Crippen molar-refractivity contribution in [1.29, 1.82) is 0 Å². The van der Waals surface area contributed by atoms with Crippen molar-refractivity contribution >= 4 is 21.6 Å². The highest BCUT2D eigenvalue weighted by molar-refractivity contribution is 7.89. The van der Waals surface area contributed by atoms with Crippen molar-refractivity contribution in [2.45, 2.75) is 31.6 Å². The van der Waals surface area contributed by atoms with Crippen molar-refractivity contribution in [3.05, 3.63) is 53.6 Å². The van der Waals surface area contributed by atoms with Gasteiger partial charge in [-0.2, -0.15) is 0 Å². The Morgan fingerprint density at radius 3 is 2.42 bits per heavy atom. The summed E-state index contributed by atoms with van der Waals surface area (Å²) in [7, 11) is -1.90. The number of aryl methyl sites for hydroxylation is 2. The van der Waals surface area contributed by atoms with Gasteiger partial charge in [0.05, 0.1) is 17.7 Å². The summed E-state index contributed by atoms with van der Waals surface area (Å²) < 4.78 is 31.5. The molecule has 2 N–H and O–H groups in total. The van der Waals surface area contributed by atoms with Gasteiger partial charge in [-0.1, -0.05) is 25.1 Å². The molecule has 0 aromatic heterocycles. The molecule has 1 amide bonds. The number of methoxy groups -OCH3 is 1. The summed E-state index contributed by atoms with van der Waals surface area (Å²) in [5.74, 6) is 0.486. The van der Waals surface area contributed by atoms with E-state index in [1.165, 1.54) is 0 Å². The summed E-state index contributed by atoms with van der Waals surface area (Å²) in [6.07, 6.45) is 0.803. The van der Waals surface area contributed by atoms with Crippen LogP contribution in [-0.4, -0.2) is 28.0 Å². The summed E-state index contributed by atoms with van der Waals surface area (Å²) in [5.41, 5.74) is 2.56. The minimum absolute atomic E-state index is 0.127. The fourth-order valence-electron chi connectivity index (χ4n) is 2.50. The van der Waals surface area contributed by atoms with Gasteiger partial charge in [0.15, 0.2) is 0 Å². The number of carbonyl (C=O) groups is 1. The molecule has 0 fully saturated rings.